The summed E-state index contributed by atoms with van der Waals surface area (Å²) in [4.78, 5) is 4.56. The molecule has 0 aliphatic heterocycles. The van der Waals surface area contributed by atoms with Crippen molar-refractivity contribution in [3.63, 3.8) is 0 Å². The Balaban J connectivity index is 1.68. The minimum absolute atomic E-state index is 0.114. The lowest BCUT2D eigenvalue weighted by molar-refractivity contribution is 0.185. The second-order valence-electron chi connectivity index (χ2n) is 6.20. The normalized spacial score (nSPS) is 16.0. The van der Waals surface area contributed by atoms with Gasteiger partial charge in [0.15, 0.2) is 5.96 Å². The van der Waals surface area contributed by atoms with E-state index in [0.29, 0.717) is 19.1 Å². The molecular weight excluding hydrogens is 322 g/mol. The van der Waals surface area contributed by atoms with E-state index in [4.69, 9.17) is 22.1 Å². The van der Waals surface area contributed by atoms with E-state index in [1.807, 2.05) is 36.4 Å². The average molecular weight is 344 g/mol. The summed E-state index contributed by atoms with van der Waals surface area (Å²) >= 11 is 5.97. The molecule has 0 atom stereocenters. The third-order valence-electron chi connectivity index (χ3n) is 4.44. The van der Waals surface area contributed by atoms with Crippen molar-refractivity contribution in [1.82, 2.24) is 0 Å². The van der Waals surface area contributed by atoms with Crippen molar-refractivity contribution >= 4 is 23.2 Å². The van der Waals surface area contributed by atoms with Gasteiger partial charge in [-0.05, 0) is 36.6 Å². The van der Waals surface area contributed by atoms with Crippen molar-refractivity contribution in [3.05, 3.63) is 64.7 Å². The number of anilines is 1. The molecule has 0 spiro atoms. The Morgan fingerprint density at radius 3 is 2.58 bits per heavy atom. The van der Waals surface area contributed by atoms with Gasteiger partial charge in [0.1, 0.15) is 0 Å². The number of benzene rings is 2. The molecule has 1 saturated carbocycles. The van der Waals surface area contributed by atoms with Gasteiger partial charge in [0.25, 0.3) is 0 Å². The lowest BCUT2D eigenvalue weighted by Gasteiger charge is -2.15. The Hall–Kier alpha value is -2.04. The molecule has 0 amide bonds. The Kier molecular flexibility index (Phi) is 5.07. The van der Waals surface area contributed by atoms with Crippen LogP contribution in [0, 0.1) is 0 Å². The van der Waals surface area contributed by atoms with Gasteiger partial charge in [-0.1, -0.05) is 41.9 Å². The molecule has 1 fully saturated rings. The third kappa shape index (κ3) is 3.89. The lowest BCUT2D eigenvalue weighted by atomic mass is 9.96. The van der Waals surface area contributed by atoms with Gasteiger partial charge in [-0.3, -0.25) is 4.99 Å². The molecule has 1 aliphatic rings. The van der Waals surface area contributed by atoms with Gasteiger partial charge >= 0.3 is 0 Å². The van der Waals surface area contributed by atoms with Crippen molar-refractivity contribution in [2.24, 2.45) is 10.7 Å². The largest absolute Gasteiger partial charge is 0.380 e. The van der Waals surface area contributed by atoms with E-state index in [1.165, 1.54) is 5.56 Å². The second-order valence-corrected chi connectivity index (χ2v) is 6.64. The predicted octanol–water partition coefficient (Wildman–Crippen LogP) is 3.94. The number of halogens is 1. The summed E-state index contributed by atoms with van der Waals surface area (Å²) in [5.41, 5.74) is 9.46. The van der Waals surface area contributed by atoms with Gasteiger partial charge in [-0.25, -0.2) is 0 Å². The van der Waals surface area contributed by atoms with Crippen LogP contribution < -0.4 is 11.1 Å². The fourth-order valence-corrected chi connectivity index (χ4v) is 2.96. The number of aliphatic imine (C=N–C) groups is 1. The van der Waals surface area contributed by atoms with Crippen LogP contribution >= 0.6 is 11.6 Å². The standard InChI is InChI=1S/C19H22ClN3O/c1-24-12-14-4-2-3-5-17(14)23-18(21)22-13-19(10-11-19)15-6-8-16(20)9-7-15/h2-9H,10-13H2,1H3,(H3,21,22,23). The SMILES string of the molecule is COCc1ccccc1NC(N)=NCC1(c2ccc(Cl)cc2)CC1. The van der Waals surface area contributed by atoms with E-state index in [1.54, 1.807) is 7.11 Å². The maximum Gasteiger partial charge on any atom is 0.193 e. The molecule has 2 aromatic rings. The molecule has 0 heterocycles. The third-order valence-corrected chi connectivity index (χ3v) is 4.69. The fraction of sp³-hybridized carbons (Fsp3) is 0.316. The summed E-state index contributed by atoms with van der Waals surface area (Å²) < 4.78 is 5.21. The van der Waals surface area contributed by atoms with E-state index in [-0.39, 0.29) is 5.41 Å². The summed E-state index contributed by atoms with van der Waals surface area (Å²) in [6.07, 6.45) is 2.26. The van der Waals surface area contributed by atoms with Crippen LogP contribution in [0.4, 0.5) is 5.69 Å². The highest BCUT2D eigenvalue weighted by atomic mass is 35.5. The molecule has 4 nitrogen and oxygen atoms in total. The van der Waals surface area contributed by atoms with Crippen LogP contribution in [-0.4, -0.2) is 19.6 Å². The molecule has 0 aromatic heterocycles. The quantitative estimate of drug-likeness (QED) is 0.617. The van der Waals surface area contributed by atoms with Crippen molar-refractivity contribution < 1.29 is 4.74 Å². The molecule has 126 valence electrons. The first-order chi connectivity index (χ1) is 11.6. The van der Waals surface area contributed by atoms with E-state index < -0.39 is 0 Å². The second kappa shape index (κ2) is 7.24. The highest BCUT2D eigenvalue weighted by molar-refractivity contribution is 6.30. The first-order valence-electron chi connectivity index (χ1n) is 8.03. The topological polar surface area (TPSA) is 59.6 Å². The van der Waals surface area contributed by atoms with Crippen LogP contribution in [0.2, 0.25) is 5.02 Å². The highest BCUT2D eigenvalue weighted by Crippen LogP contribution is 2.48. The maximum atomic E-state index is 6.08. The molecule has 24 heavy (non-hydrogen) atoms. The van der Waals surface area contributed by atoms with Gasteiger partial charge in [0.05, 0.1) is 13.2 Å². The molecule has 0 saturated heterocycles. The molecule has 0 radical (unpaired) electrons. The summed E-state index contributed by atoms with van der Waals surface area (Å²) in [5, 5.41) is 3.94. The Labute approximate surface area is 147 Å². The maximum absolute atomic E-state index is 6.08. The van der Waals surface area contributed by atoms with E-state index >= 15 is 0 Å². The monoisotopic (exact) mass is 343 g/mol. The molecule has 0 unspecified atom stereocenters. The molecule has 2 aromatic carbocycles. The van der Waals surface area contributed by atoms with E-state index in [2.05, 4.69) is 22.4 Å². The van der Waals surface area contributed by atoms with Gasteiger partial charge < -0.3 is 15.8 Å². The number of guanidine groups is 1. The van der Waals surface area contributed by atoms with E-state index in [9.17, 15) is 0 Å². The number of hydrogen-bond acceptors (Lipinski definition) is 2. The average Bonchev–Trinajstić information content (AvgIpc) is 3.37. The molecule has 1 aliphatic carbocycles. The van der Waals surface area contributed by atoms with Gasteiger partial charge in [-0.2, -0.15) is 0 Å². The number of nitrogens with one attached hydrogen (secondary N) is 1. The van der Waals surface area contributed by atoms with Crippen LogP contribution in [0.1, 0.15) is 24.0 Å². The smallest absolute Gasteiger partial charge is 0.193 e. The van der Waals surface area contributed by atoms with Crippen molar-refractivity contribution in [2.45, 2.75) is 24.9 Å². The Morgan fingerprint density at radius 2 is 1.92 bits per heavy atom. The zero-order chi connectivity index (χ0) is 17.0. The van der Waals surface area contributed by atoms with Crippen molar-refractivity contribution in [1.29, 1.82) is 0 Å². The lowest BCUT2D eigenvalue weighted by Crippen LogP contribution is -2.25. The fourth-order valence-electron chi connectivity index (χ4n) is 2.83. The Morgan fingerprint density at radius 1 is 1.21 bits per heavy atom. The molecular formula is C19H22ClN3O. The van der Waals surface area contributed by atoms with Crippen LogP contribution in [0.5, 0.6) is 0 Å². The molecule has 0 bridgehead atoms. The minimum Gasteiger partial charge on any atom is -0.380 e. The zero-order valence-corrected chi connectivity index (χ0v) is 14.5. The number of ether oxygens (including phenoxy) is 1. The molecule has 3 N–H and O–H groups in total. The van der Waals surface area contributed by atoms with Crippen molar-refractivity contribution in [3.8, 4) is 0 Å². The van der Waals surface area contributed by atoms with Crippen LogP contribution in [-0.2, 0) is 16.8 Å². The van der Waals surface area contributed by atoms with Gasteiger partial charge in [0, 0.05) is 28.8 Å². The molecule has 5 heteroatoms. The van der Waals surface area contributed by atoms with E-state index in [0.717, 1.165) is 29.1 Å². The Bertz CT molecular complexity index is 724. The number of nitrogens with two attached hydrogens (primary N) is 1. The first-order valence-corrected chi connectivity index (χ1v) is 8.41. The summed E-state index contributed by atoms with van der Waals surface area (Å²) in [6.45, 7) is 1.21. The predicted molar refractivity (Wildman–Crippen MR) is 99.6 cm³/mol. The summed E-state index contributed by atoms with van der Waals surface area (Å²) in [6, 6.07) is 16.0. The van der Waals surface area contributed by atoms with Crippen LogP contribution in [0.25, 0.3) is 0 Å². The van der Waals surface area contributed by atoms with Gasteiger partial charge in [-0.15, -0.1) is 0 Å². The number of nitrogens with zero attached hydrogens (tertiary/aromatic N) is 1. The summed E-state index contributed by atoms with van der Waals surface area (Å²) in [7, 11) is 1.68. The minimum atomic E-state index is 0.114. The first kappa shape index (κ1) is 16.8. The zero-order valence-electron chi connectivity index (χ0n) is 13.8. The highest BCUT2D eigenvalue weighted by Gasteiger charge is 2.44. The molecule has 3 rings (SSSR count). The summed E-state index contributed by atoms with van der Waals surface area (Å²) in [5.74, 6) is 0.429. The number of methoxy groups -OCH3 is 1. The van der Waals surface area contributed by atoms with Crippen molar-refractivity contribution in [2.75, 3.05) is 19.0 Å². The number of hydrogen-bond donors (Lipinski definition) is 2. The number of para-hydroxylation sites is 1. The van der Waals surface area contributed by atoms with Crippen LogP contribution in [0.3, 0.4) is 0 Å². The van der Waals surface area contributed by atoms with Gasteiger partial charge in [0.2, 0.25) is 0 Å². The van der Waals surface area contributed by atoms with Crippen LogP contribution in [0.15, 0.2) is 53.5 Å². The number of rotatable bonds is 6.